The van der Waals surface area contributed by atoms with E-state index in [0.717, 1.165) is 10.1 Å². The van der Waals surface area contributed by atoms with Crippen LogP contribution < -0.4 is 10.0 Å². The van der Waals surface area contributed by atoms with E-state index in [0.29, 0.717) is 11.4 Å². The van der Waals surface area contributed by atoms with Crippen molar-refractivity contribution >= 4 is 60.8 Å². The van der Waals surface area contributed by atoms with E-state index in [2.05, 4.69) is 10.0 Å². The van der Waals surface area contributed by atoms with Crippen molar-refractivity contribution in [3.8, 4) is 0 Å². The molecule has 1 aromatic heterocycles. The van der Waals surface area contributed by atoms with Gasteiger partial charge >= 0.3 is 0 Å². The number of piperazine rings is 1. The van der Waals surface area contributed by atoms with Crippen LogP contribution in [-0.2, 0) is 19.6 Å². The van der Waals surface area contributed by atoms with Gasteiger partial charge in [0.05, 0.1) is 28.0 Å². The summed E-state index contributed by atoms with van der Waals surface area (Å²) in [5.74, 6) is -0.879. The maximum absolute atomic E-state index is 13.7. The second-order valence-corrected chi connectivity index (χ2v) is 14.7. The zero-order chi connectivity index (χ0) is 29.0. The Labute approximate surface area is 242 Å². The van der Waals surface area contributed by atoms with Gasteiger partial charge in [-0.2, -0.15) is 0 Å². The number of sulfonamides is 1. The van der Waals surface area contributed by atoms with Crippen LogP contribution in [-0.4, -0.2) is 73.2 Å². The second-order valence-electron chi connectivity index (χ2n) is 11.5. The fraction of sp³-hybridized carbons (Fsp3) is 0.393. The maximum Gasteiger partial charge on any atom is 0.262 e. The van der Waals surface area contributed by atoms with Gasteiger partial charge in [0.25, 0.3) is 5.91 Å². The van der Waals surface area contributed by atoms with Crippen LogP contribution >= 0.6 is 22.9 Å². The van der Waals surface area contributed by atoms with E-state index in [4.69, 9.17) is 11.6 Å². The summed E-state index contributed by atoms with van der Waals surface area (Å²) in [6.45, 7) is 7.79. The molecule has 3 atom stereocenters. The third-order valence-electron chi connectivity index (χ3n) is 7.72. The summed E-state index contributed by atoms with van der Waals surface area (Å²) < 4.78 is 28.5. The molecule has 0 aliphatic carbocycles. The van der Waals surface area contributed by atoms with Crippen LogP contribution in [0.3, 0.4) is 0 Å². The summed E-state index contributed by atoms with van der Waals surface area (Å²) >= 11 is 7.39. The Morgan fingerprint density at radius 3 is 2.42 bits per heavy atom. The average Bonchev–Trinajstić information content (AvgIpc) is 3.33. The Kier molecular flexibility index (Phi) is 7.23. The molecule has 5 rings (SSSR count). The molecule has 2 saturated heterocycles. The third kappa shape index (κ3) is 5.00. The molecular formula is C28H31ClN4O5S2. The molecule has 3 heterocycles. The van der Waals surface area contributed by atoms with Crippen molar-refractivity contribution in [2.45, 2.75) is 50.2 Å². The number of thiophene rings is 1. The molecule has 0 radical (unpaired) electrons. The van der Waals surface area contributed by atoms with Gasteiger partial charge in [0.1, 0.15) is 10.9 Å². The number of carbonyl (C=O) groups excluding carboxylic acids is 3. The highest BCUT2D eigenvalue weighted by Gasteiger charge is 2.65. The van der Waals surface area contributed by atoms with E-state index in [1.165, 1.54) is 23.5 Å². The van der Waals surface area contributed by atoms with E-state index in [1.54, 1.807) is 21.9 Å². The number of benzene rings is 2. The number of nitrogens with zero attached hydrogens (tertiary/aromatic N) is 2. The van der Waals surface area contributed by atoms with Crippen LogP contribution in [0.2, 0.25) is 5.02 Å². The number of hydrogen-bond acceptors (Lipinski definition) is 6. The number of nitrogens with one attached hydrogen (secondary N) is 2. The molecule has 9 nitrogen and oxygen atoms in total. The van der Waals surface area contributed by atoms with Gasteiger partial charge in [-0.1, -0.05) is 62.7 Å². The molecule has 3 aromatic rings. The Morgan fingerprint density at radius 1 is 1.12 bits per heavy atom. The standard InChI is InChI=1S/C28H31ClN4O5S2/c1-27(2,3)24(31-25(35)20-13-17-9-5-7-11-19(17)39-20)26(36)33-15-22-28(33,4)16-32(22)23(34)14-30-40(37,38)21-12-8-6-10-18(21)29/h5-13,22,24,30H,14-16H2,1-4H3,(H,31,35)/t22-,24?,28?/m1/s1. The smallest absolute Gasteiger partial charge is 0.262 e. The molecule has 2 aliphatic heterocycles. The van der Waals surface area contributed by atoms with Gasteiger partial charge in [-0.15, -0.1) is 11.3 Å². The van der Waals surface area contributed by atoms with Crippen LogP contribution in [0.5, 0.6) is 0 Å². The van der Waals surface area contributed by atoms with Gasteiger partial charge in [-0.05, 0) is 42.0 Å². The largest absolute Gasteiger partial charge is 0.339 e. The van der Waals surface area contributed by atoms with Crippen molar-refractivity contribution in [1.29, 1.82) is 0 Å². The van der Waals surface area contributed by atoms with Crippen molar-refractivity contribution in [3.63, 3.8) is 0 Å². The molecule has 12 heteroatoms. The molecule has 0 spiro atoms. The predicted molar refractivity (Wildman–Crippen MR) is 155 cm³/mol. The second kappa shape index (κ2) is 10.1. The topological polar surface area (TPSA) is 116 Å². The zero-order valence-corrected chi connectivity index (χ0v) is 25.0. The van der Waals surface area contributed by atoms with Gasteiger partial charge < -0.3 is 15.1 Å². The first-order valence-corrected chi connectivity index (χ1v) is 15.5. The van der Waals surface area contributed by atoms with Crippen molar-refractivity contribution in [1.82, 2.24) is 19.8 Å². The van der Waals surface area contributed by atoms with Crippen LogP contribution in [0.25, 0.3) is 10.1 Å². The van der Waals surface area contributed by atoms with E-state index in [9.17, 15) is 22.8 Å². The zero-order valence-electron chi connectivity index (χ0n) is 22.6. The van der Waals surface area contributed by atoms with Crippen LogP contribution in [0.15, 0.2) is 59.5 Å². The van der Waals surface area contributed by atoms with Gasteiger partial charge in [0, 0.05) is 17.8 Å². The highest BCUT2D eigenvalue weighted by molar-refractivity contribution is 7.89. The predicted octanol–water partition coefficient (Wildman–Crippen LogP) is 3.49. The van der Waals surface area contributed by atoms with Crippen molar-refractivity contribution in [2.75, 3.05) is 19.6 Å². The van der Waals surface area contributed by atoms with Crippen molar-refractivity contribution in [3.05, 3.63) is 64.5 Å². The van der Waals surface area contributed by atoms with Crippen molar-refractivity contribution < 1.29 is 22.8 Å². The molecular weight excluding hydrogens is 572 g/mol. The number of hydrogen-bond donors (Lipinski definition) is 2. The molecule has 40 heavy (non-hydrogen) atoms. The van der Waals surface area contributed by atoms with Crippen LogP contribution in [0.4, 0.5) is 0 Å². The first-order valence-electron chi connectivity index (χ1n) is 12.9. The minimum absolute atomic E-state index is 0.0694. The van der Waals surface area contributed by atoms with Gasteiger partial charge in [-0.3, -0.25) is 14.4 Å². The fourth-order valence-corrected chi connectivity index (χ4v) is 7.77. The number of amides is 3. The number of halogens is 1. The molecule has 0 saturated carbocycles. The summed E-state index contributed by atoms with van der Waals surface area (Å²) in [6, 6.07) is 14.6. The number of carbonyl (C=O) groups is 3. The maximum atomic E-state index is 13.7. The van der Waals surface area contributed by atoms with E-state index >= 15 is 0 Å². The summed E-state index contributed by atoms with van der Waals surface area (Å²) in [6.07, 6.45) is 0. The Balaban J connectivity index is 1.22. The number of likely N-dealkylation sites (tertiary alicyclic amines) is 2. The first-order chi connectivity index (χ1) is 18.7. The lowest BCUT2D eigenvalue weighted by Crippen LogP contribution is -2.89. The van der Waals surface area contributed by atoms with E-state index in [1.807, 2.05) is 58.0 Å². The molecule has 2 N–H and O–H groups in total. The van der Waals surface area contributed by atoms with Crippen LogP contribution in [0.1, 0.15) is 37.4 Å². The lowest BCUT2D eigenvalue weighted by molar-refractivity contribution is -0.206. The van der Waals surface area contributed by atoms with Gasteiger partial charge in [-0.25, -0.2) is 13.1 Å². The fourth-order valence-electron chi connectivity index (χ4n) is 5.32. The lowest BCUT2D eigenvalue weighted by Gasteiger charge is -2.69. The molecule has 2 aromatic carbocycles. The van der Waals surface area contributed by atoms with E-state index < -0.39 is 33.6 Å². The van der Waals surface area contributed by atoms with Gasteiger partial charge in [0.15, 0.2) is 0 Å². The molecule has 212 valence electrons. The summed E-state index contributed by atoms with van der Waals surface area (Å²) in [7, 11) is -3.96. The highest BCUT2D eigenvalue weighted by atomic mass is 35.5. The third-order valence-corrected chi connectivity index (χ3v) is 10.7. The molecule has 2 fully saturated rings. The highest BCUT2D eigenvalue weighted by Crippen LogP contribution is 2.45. The van der Waals surface area contributed by atoms with Crippen molar-refractivity contribution in [2.24, 2.45) is 5.41 Å². The average molecular weight is 603 g/mol. The number of rotatable bonds is 7. The first kappa shape index (κ1) is 28.5. The Hall–Kier alpha value is -2.99. The molecule has 3 amide bonds. The summed E-state index contributed by atoms with van der Waals surface area (Å²) in [5, 5.41) is 4.01. The van der Waals surface area contributed by atoms with E-state index in [-0.39, 0.29) is 40.2 Å². The SMILES string of the molecule is CC(C)(C)C(NC(=O)c1cc2ccccc2s1)C(=O)N1C[C@H]2N(C(=O)CNS(=O)(=O)c3ccccc3Cl)CC21C. The number of fused-ring (bicyclic) bond motifs is 2. The monoisotopic (exact) mass is 602 g/mol. The summed E-state index contributed by atoms with van der Waals surface area (Å²) in [4.78, 5) is 43.5. The van der Waals surface area contributed by atoms with Crippen LogP contribution in [0, 0.1) is 5.41 Å². The normalized spacial score (nSPS) is 21.3. The molecule has 0 bridgehead atoms. The Bertz CT molecular complexity index is 1580. The Morgan fingerprint density at radius 2 is 1.80 bits per heavy atom. The van der Waals surface area contributed by atoms with Gasteiger partial charge in [0.2, 0.25) is 21.8 Å². The molecule has 2 aliphatic rings. The quantitative estimate of drug-likeness (QED) is 0.430. The summed E-state index contributed by atoms with van der Waals surface area (Å²) in [5.41, 5.74) is -1.14. The minimum Gasteiger partial charge on any atom is -0.339 e. The molecule has 2 unspecified atom stereocenters. The lowest BCUT2D eigenvalue weighted by atomic mass is 9.70. The minimum atomic E-state index is -3.96.